The smallest absolute Gasteiger partial charge is 0.295 e. The largest absolute Gasteiger partial charge is 0.507 e. The van der Waals surface area contributed by atoms with Gasteiger partial charge in [0.05, 0.1) is 23.8 Å². The number of fused-ring (bicyclic) bond motifs is 1. The van der Waals surface area contributed by atoms with E-state index in [0.29, 0.717) is 36.4 Å². The van der Waals surface area contributed by atoms with Gasteiger partial charge in [-0.25, -0.2) is 4.39 Å². The summed E-state index contributed by atoms with van der Waals surface area (Å²) in [6.07, 6.45) is 3.59. The first-order valence-corrected chi connectivity index (χ1v) is 11.3. The van der Waals surface area contributed by atoms with Gasteiger partial charge in [-0.3, -0.25) is 14.6 Å². The number of halogens is 1. The first kappa shape index (κ1) is 22.6. The molecule has 1 aromatic heterocycles. The molecule has 0 aliphatic carbocycles. The number of benzene rings is 2. The third-order valence-electron chi connectivity index (χ3n) is 6.44. The minimum Gasteiger partial charge on any atom is -0.507 e. The number of hydrogen-bond donors (Lipinski definition) is 1. The van der Waals surface area contributed by atoms with E-state index in [9.17, 15) is 19.1 Å². The second-order valence-corrected chi connectivity index (χ2v) is 8.60. The summed E-state index contributed by atoms with van der Waals surface area (Å²) >= 11 is 0. The van der Waals surface area contributed by atoms with Crippen molar-refractivity contribution in [1.82, 2.24) is 9.88 Å². The first-order valence-electron chi connectivity index (χ1n) is 11.3. The zero-order valence-corrected chi connectivity index (χ0v) is 19.1. The molecule has 0 bridgehead atoms. The molecule has 2 aliphatic heterocycles. The van der Waals surface area contributed by atoms with Crippen LogP contribution in [0.3, 0.4) is 0 Å². The molecular formula is C27H24FN3O4. The van der Waals surface area contributed by atoms with Crippen LogP contribution >= 0.6 is 0 Å². The summed E-state index contributed by atoms with van der Waals surface area (Å²) in [6.45, 7) is 1.48. The van der Waals surface area contributed by atoms with Crippen LogP contribution in [0.4, 0.5) is 10.1 Å². The molecule has 2 aliphatic rings. The molecule has 1 atom stereocenters. The molecule has 7 nitrogen and oxygen atoms in total. The van der Waals surface area contributed by atoms with Crippen molar-refractivity contribution in [3.05, 3.63) is 95.1 Å². The van der Waals surface area contributed by atoms with Gasteiger partial charge in [0.2, 0.25) is 0 Å². The Balaban J connectivity index is 1.55. The summed E-state index contributed by atoms with van der Waals surface area (Å²) in [5.41, 5.74) is 2.75. The maximum Gasteiger partial charge on any atom is 0.295 e. The number of carbonyl (C=O) groups excluding carboxylic acids is 2. The van der Waals surface area contributed by atoms with Crippen LogP contribution in [0.25, 0.3) is 5.76 Å². The highest BCUT2D eigenvalue weighted by Crippen LogP contribution is 2.41. The number of ether oxygens (including phenoxy) is 1. The van der Waals surface area contributed by atoms with E-state index < -0.39 is 17.7 Å². The molecule has 178 valence electrons. The van der Waals surface area contributed by atoms with E-state index in [-0.39, 0.29) is 23.7 Å². The van der Waals surface area contributed by atoms with E-state index in [0.717, 1.165) is 11.3 Å². The molecule has 1 fully saturated rings. The minimum atomic E-state index is -0.775. The number of anilines is 1. The van der Waals surface area contributed by atoms with Gasteiger partial charge in [0.15, 0.2) is 0 Å². The summed E-state index contributed by atoms with van der Waals surface area (Å²) in [7, 11) is 1.93. The standard InChI is InChI=1S/C27H24FN3O4/c1-30-14-15-35-22-7-4-19(16-21(22)30)25(32)23-24(18-8-11-29-12-9-18)31(27(34)26(23)33)13-10-17-2-5-20(28)6-3-17/h2-9,11-12,16,24,32H,10,13-15H2,1H3/b25-23-. The third kappa shape index (κ3) is 4.23. The topological polar surface area (TPSA) is 83.0 Å². The maximum absolute atomic E-state index is 13.3. The summed E-state index contributed by atoms with van der Waals surface area (Å²) in [5.74, 6) is -1.32. The van der Waals surface area contributed by atoms with Crippen LogP contribution < -0.4 is 9.64 Å². The van der Waals surface area contributed by atoms with Crippen molar-refractivity contribution in [2.75, 3.05) is 31.6 Å². The van der Waals surface area contributed by atoms with Crippen molar-refractivity contribution >= 4 is 23.1 Å². The average Bonchev–Trinajstić information content (AvgIpc) is 3.13. The Morgan fingerprint density at radius 1 is 1.11 bits per heavy atom. The summed E-state index contributed by atoms with van der Waals surface area (Å²) in [5, 5.41) is 11.3. The fourth-order valence-corrected chi connectivity index (χ4v) is 4.56. The quantitative estimate of drug-likeness (QED) is 0.346. The van der Waals surface area contributed by atoms with Crippen molar-refractivity contribution in [1.29, 1.82) is 0 Å². The lowest BCUT2D eigenvalue weighted by molar-refractivity contribution is -0.139. The second kappa shape index (κ2) is 9.21. The molecule has 0 radical (unpaired) electrons. The number of pyridine rings is 1. The van der Waals surface area contributed by atoms with Gasteiger partial charge < -0.3 is 19.6 Å². The Kier molecular flexibility index (Phi) is 5.94. The van der Waals surface area contributed by atoms with E-state index in [1.807, 2.05) is 11.9 Å². The minimum absolute atomic E-state index is 0.0274. The molecule has 1 amide bonds. The molecule has 35 heavy (non-hydrogen) atoms. The van der Waals surface area contributed by atoms with Crippen molar-refractivity contribution in [3.8, 4) is 5.75 Å². The molecule has 8 heteroatoms. The number of likely N-dealkylation sites (N-methyl/N-ethyl adjacent to an activating group) is 1. The third-order valence-corrected chi connectivity index (χ3v) is 6.44. The van der Waals surface area contributed by atoms with Crippen LogP contribution in [0.15, 0.2) is 72.6 Å². The number of aromatic nitrogens is 1. The van der Waals surface area contributed by atoms with Crippen molar-refractivity contribution < 1.29 is 23.8 Å². The van der Waals surface area contributed by atoms with Crippen LogP contribution in [-0.4, -0.2) is 53.4 Å². The maximum atomic E-state index is 13.3. The molecule has 3 aromatic rings. The predicted molar refractivity (Wildman–Crippen MR) is 129 cm³/mol. The van der Waals surface area contributed by atoms with Crippen LogP contribution in [-0.2, 0) is 16.0 Å². The van der Waals surface area contributed by atoms with E-state index in [1.165, 1.54) is 17.0 Å². The Morgan fingerprint density at radius 3 is 2.60 bits per heavy atom. The number of likely N-dealkylation sites (tertiary alicyclic amines) is 1. The Bertz CT molecular complexity index is 1310. The number of aliphatic hydroxyl groups excluding tert-OH is 1. The van der Waals surface area contributed by atoms with Crippen LogP contribution in [0.1, 0.15) is 22.7 Å². The fourth-order valence-electron chi connectivity index (χ4n) is 4.56. The number of aliphatic hydroxyl groups is 1. The number of nitrogens with zero attached hydrogens (tertiary/aromatic N) is 3. The van der Waals surface area contributed by atoms with Crippen LogP contribution in [0, 0.1) is 5.82 Å². The molecule has 1 saturated heterocycles. The Hall–Kier alpha value is -4.20. The molecule has 3 heterocycles. The summed E-state index contributed by atoms with van der Waals surface area (Å²) < 4.78 is 19.0. The highest BCUT2D eigenvalue weighted by atomic mass is 19.1. The average molecular weight is 474 g/mol. The normalized spacial score (nSPS) is 19.0. The predicted octanol–water partition coefficient (Wildman–Crippen LogP) is 3.71. The zero-order chi connectivity index (χ0) is 24.5. The number of hydrogen-bond acceptors (Lipinski definition) is 6. The molecular weight excluding hydrogens is 449 g/mol. The Morgan fingerprint density at radius 2 is 1.86 bits per heavy atom. The van der Waals surface area contributed by atoms with E-state index in [4.69, 9.17) is 4.74 Å². The molecule has 2 aromatic carbocycles. The highest BCUT2D eigenvalue weighted by molar-refractivity contribution is 6.46. The fraction of sp³-hybridized carbons (Fsp3) is 0.222. The summed E-state index contributed by atoms with van der Waals surface area (Å²) in [4.78, 5) is 33.9. The van der Waals surface area contributed by atoms with Crippen molar-refractivity contribution in [3.63, 3.8) is 0 Å². The zero-order valence-electron chi connectivity index (χ0n) is 19.1. The van der Waals surface area contributed by atoms with E-state index in [2.05, 4.69) is 4.98 Å². The summed E-state index contributed by atoms with van der Waals surface area (Å²) in [6, 6.07) is 13.9. The number of carbonyl (C=O) groups is 2. The highest BCUT2D eigenvalue weighted by Gasteiger charge is 2.45. The number of Topliss-reactive ketones (excluding diaryl/α,β-unsaturated/α-hetero) is 1. The van der Waals surface area contributed by atoms with Crippen molar-refractivity contribution in [2.45, 2.75) is 12.5 Å². The number of amides is 1. The van der Waals surface area contributed by atoms with Gasteiger partial charge in [0, 0.05) is 31.5 Å². The van der Waals surface area contributed by atoms with Gasteiger partial charge in [0.25, 0.3) is 11.7 Å². The molecule has 5 rings (SSSR count). The van der Waals surface area contributed by atoms with Crippen LogP contribution in [0.2, 0.25) is 0 Å². The van der Waals surface area contributed by atoms with Gasteiger partial charge >= 0.3 is 0 Å². The van der Waals surface area contributed by atoms with Gasteiger partial charge in [-0.1, -0.05) is 12.1 Å². The van der Waals surface area contributed by atoms with Gasteiger partial charge in [0.1, 0.15) is 23.9 Å². The molecule has 0 saturated carbocycles. The monoisotopic (exact) mass is 473 g/mol. The van der Waals surface area contributed by atoms with Crippen LogP contribution in [0.5, 0.6) is 5.75 Å². The van der Waals surface area contributed by atoms with Crippen molar-refractivity contribution in [2.24, 2.45) is 0 Å². The van der Waals surface area contributed by atoms with E-state index >= 15 is 0 Å². The number of ketones is 1. The van der Waals surface area contributed by atoms with Gasteiger partial charge in [-0.2, -0.15) is 0 Å². The Labute approximate surface area is 202 Å². The van der Waals surface area contributed by atoms with Gasteiger partial charge in [-0.05, 0) is 60.0 Å². The lowest BCUT2D eigenvalue weighted by Crippen LogP contribution is -2.31. The van der Waals surface area contributed by atoms with Gasteiger partial charge in [-0.15, -0.1) is 0 Å². The second-order valence-electron chi connectivity index (χ2n) is 8.60. The molecule has 1 N–H and O–H groups in total. The lowest BCUT2D eigenvalue weighted by atomic mass is 9.95. The number of rotatable bonds is 5. The molecule has 1 unspecified atom stereocenters. The first-order chi connectivity index (χ1) is 16.9. The SMILES string of the molecule is CN1CCOc2ccc(/C(O)=C3/C(=O)C(=O)N(CCc4ccc(F)cc4)C3c3ccncc3)cc21. The molecule has 0 spiro atoms. The lowest BCUT2D eigenvalue weighted by Gasteiger charge is -2.28. The van der Waals surface area contributed by atoms with E-state index in [1.54, 1.807) is 54.9 Å².